The lowest BCUT2D eigenvalue weighted by Gasteiger charge is -2.18. The van der Waals surface area contributed by atoms with Crippen LogP contribution in [0.5, 0.6) is 0 Å². The van der Waals surface area contributed by atoms with Crippen molar-refractivity contribution >= 4 is 80.2 Å². The summed E-state index contributed by atoms with van der Waals surface area (Å²) < 4.78 is 0.765. The average Bonchev–Trinajstić information content (AvgIpc) is 3.87. The third-order valence-electron chi connectivity index (χ3n) is 9.07. The number of carbonyl (C=O) groups excluding carboxylic acids is 4. The Balaban J connectivity index is 0.962. The molecule has 4 saturated heterocycles. The minimum Gasteiger partial charge on any atom is -0.342 e. The molecule has 46 heavy (non-hydrogen) atoms. The van der Waals surface area contributed by atoms with Gasteiger partial charge in [-0.1, -0.05) is 109 Å². The van der Waals surface area contributed by atoms with E-state index < -0.39 is 0 Å². The number of amides is 4. The molecule has 0 spiro atoms. The van der Waals surface area contributed by atoms with Crippen LogP contribution in [-0.2, 0) is 19.2 Å². The molecule has 4 amide bonds. The molecule has 6 rings (SSSR count). The Labute approximate surface area is 288 Å². The van der Waals surface area contributed by atoms with Crippen LogP contribution in [0.3, 0.4) is 0 Å². The van der Waals surface area contributed by atoms with Gasteiger partial charge < -0.3 is 9.80 Å². The van der Waals surface area contributed by atoms with Gasteiger partial charge in [-0.2, -0.15) is 0 Å². The third kappa shape index (κ3) is 7.25. The van der Waals surface area contributed by atoms with Crippen LogP contribution in [0.4, 0.5) is 0 Å². The molecule has 4 heterocycles. The Bertz CT molecular complexity index is 1450. The second-order valence-corrected chi connectivity index (χ2v) is 15.3. The molecule has 0 aromatic heterocycles. The molecule has 2 aromatic carbocycles. The SMILES string of the molecule is O=C(CCCN1C(=O)C(=C2SC(=S)N(CCCC(=O)N3CCC(c4ccccc4)C3)C2=O)SC1=S)N1CCC(c2ccccc2)C1. The smallest absolute Gasteiger partial charge is 0.267 e. The van der Waals surface area contributed by atoms with E-state index in [0.29, 0.717) is 82.1 Å². The molecule has 0 radical (unpaired) electrons. The van der Waals surface area contributed by atoms with Crippen molar-refractivity contribution in [1.29, 1.82) is 0 Å². The second-order valence-electron chi connectivity index (χ2n) is 12.0. The Morgan fingerprint density at radius 3 is 1.43 bits per heavy atom. The van der Waals surface area contributed by atoms with Gasteiger partial charge in [0.05, 0.1) is 9.81 Å². The Morgan fingerprint density at radius 2 is 1.04 bits per heavy atom. The summed E-state index contributed by atoms with van der Waals surface area (Å²) in [7, 11) is 0. The van der Waals surface area contributed by atoms with Gasteiger partial charge in [-0.25, -0.2) is 0 Å². The fourth-order valence-corrected chi connectivity index (χ4v) is 9.29. The number of nitrogens with zero attached hydrogens (tertiary/aromatic N) is 4. The zero-order valence-corrected chi connectivity index (χ0v) is 28.7. The van der Waals surface area contributed by atoms with Gasteiger partial charge in [0.2, 0.25) is 11.8 Å². The Morgan fingerprint density at radius 1 is 0.652 bits per heavy atom. The summed E-state index contributed by atoms with van der Waals surface area (Å²) in [6.07, 6.45) is 3.55. The standard InChI is InChI=1S/C34H36N4O4S4/c39-27(35-19-15-25(21-35)23-9-3-1-4-10-23)13-7-17-37-31(41)29(45-33(37)43)30-32(42)38(34(44)46-30)18-8-14-28(40)36-20-16-26(22-36)24-11-5-2-6-12-24/h1-6,9-12,25-26H,7-8,13-22H2. The lowest BCUT2D eigenvalue weighted by molar-refractivity contribution is -0.131. The summed E-state index contributed by atoms with van der Waals surface area (Å²) in [6, 6.07) is 20.5. The van der Waals surface area contributed by atoms with Gasteiger partial charge in [0.25, 0.3) is 11.8 Å². The number of likely N-dealkylation sites (tertiary alicyclic amines) is 2. The minimum atomic E-state index is -0.314. The van der Waals surface area contributed by atoms with E-state index in [1.807, 2.05) is 46.2 Å². The first kappa shape index (κ1) is 32.9. The summed E-state index contributed by atoms with van der Waals surface area (Å²) in [6.45, 7) is 3.55. The van der Waals surface area contributed by atoms with Crippen LogP contribution < -0.4 is 0 Å². The third-order valence-corrected chi connectivity index (χ3v) is 12.1. The summed E-state index contributed by atoms with van der Waals surface area (Å²) >= 11 is 13.2. The van der Waals surface area contributed by atoms with Crippen molar-refractivity contribution in [3.8, 4) is 0 Å². The van der Waals surface area contributed by atoms with E-state index in [1.54, 1.807) is 0 Å². The lowest BCUT2D eigenvalue weighted by Crippen LogP contribution is -2.33. The number of thiocarbonyl (C=S) groups is 2. The van der Waals surface area contributed by atoms with E-state index in [0.717, 1.165) is 49.5 Å². The molecule has 0 N–H and O–H groups in total. The molecule has 4 aliphatic rings. The van der Waals surface area contributed by atoms with Crippen molar-refractivity contribution in [2.45, 2.75) is 50.4 Å². The maximum absolute atomic E-state index is 13.4. The summed E-state index contributed by atoms with van der Waals surface area (Å²) in [5.74, 6) is 0.256. The number of rotatable bonds is 10. The van der Waals surface area contributed by atoms with Crippen LogP contribution in [0.15, 0.2) is 70.5 Å². The zero-order valence-electron chi connectivity index (χ0n) is 25.5. The van der Waals surface area contributed by atoms with Crippen molar-refractivity contribution in [3.63, 3.8) is 0 Å². The van der Waals surface area contributed by atoms with Crippen LogP contribution in [0, 0.1) is 0 Å². The maximum Gasteiger partial charge on any atom is 0.267 e. The number of hydrogen-bond donors (Lipinski definition) is 0. The summed E-state index contributed by atoms with van der Waals surface area (Å²) in [5.41, 5.74) is 2.52. The molecule has 2 unspecified atom stereocenters. The first-order valence-electron chi connectivity index (χ1n) is 15.8. The highest BCUT2D eigenvalue weighted by atomic mass is 32.2. The molecular weight excluding hydrogens is 657 g/mol. The van der Waals surface area contributed by atoms with Crippen molar-refractivity contribution < 1.29 is 19.2 Å². The maximum atomic E-state index is 13.4. The molecule has 2 atom stereocenters. The number of carbonyl (C=O) groups is 4. The van der Waals surface area contributed by atoms with E-state index >= 15 is 0 Å². The van der Waals surface area contributed by atoms with Gasteiger partial charge >= 0.3 is 0 Å². The van der Waals surface area contributed by atoms with Gasteiger partial charge in [-0.15, -0.1) is 0 Å². The normalized spacial score (nSPS) is 23.4. The highest BCUT2D eigenvalue weighted by molar-refractivity contribution is 8.29. The molecule has 0 aliphatic carbocycles. The van der Waals surface area contributed by atoms with E-state index in [2.05, 4.69) is 24.3 Å². The second kappa shape index (κ2) is 14.8. The number of benzene rings is 2. The molecule has 2 aromatic rings. The molecule has 4 fully saturated rings. The van der Waals surface area contributed by atoms with Crippen LogP contribution in [0.25, 0.3) is 0 Å². The van der Waals surface area contributed by atoms with Crippen molar-refractivity contribution in [3.05, 3.63) is 81.6 Å². The summed E-state index contributed by atoms with van der Waals surface area (Å²) in [5, 5.41) is 0. The summed E-state index contributed by atoms with van der Waals surface area (Å²) in [4.78, 5) is 59.9. The quantitative estimate of drug-likeness (QED) is 0.238. The predicted octanol–water partition coefficient (Wildman–Crippen LogP) is 5.51. The predicted molar refractivity (Wildman–Crippen MR) is 190 cm³/mol. The molecule has 8 nitrogen and oxygen atoms in total. The topological polar surface area (TPSA) is 81.2 Å². The first-order valence-corrected chi connectivity index (χ1v) is 18.2. The van der Waals surface area contributed by atoms with Gasteiger partial charge in [-0.3, -0.25) is 29.0 Å². The lowest BCUT2D eigenvalue weighted by atomic mass is 9.99. The van der Waals surface area contributed by atoms with Crippen molar-refractivity contribution in [2.24, 2.45) is 0 Å². The monoisotopic (exact) mass is 692 g/mol. The molecule has 12 heteroatoms. The highest BCUT2D eigenvalue weighted by Gasteiger charge is 2.42. The minimum absolute atomic E-state index is 0.0870. The highest BCUT2D eigenvalue weighted by Crippen LogP contribution is 2.42. The fraction of sp³-hybridized carbons (Fsp3) is 0.412. The van der Waals surface area contributed by atoms with E-state index in [1.165, 1.54) is 20.9 Å². The molecular formula is C34H36N4O4S4. The number of thioether (sulfide) groups is 2. The average molecular weight is 693 g/mol. The fourth-order valence-electron chi connectivity index (χ4n) is 6.52. The van der Waals surface area contributed by atoms with Gasteiger partial charge in [0, 0.05) is 63.9 Å². The van der Waals surface area contributed by atoms with Crippen LogP contribution in [-0.4, -0.2) is 91.1 Å². The van der Waals surface area contributed by atoms with Crippen molar-refractivity contribution in [2.75, 3.05) is 39.3 Å². The van der Waals surface area contributed by atoms with Crippen LogP contribution in [0.2, 0.25) is 0 Å². The largest absolute Gasteiger partial charge is 0.342 e. The van der Waals surface area contributed by atoms with Crippen molar-refractivity contribution in [1.82, 2.24) is 19.6 Å². The first-order chi connectivity index (χ1) is 22.3. The Kier molecular flexibility index (Phi) is 10.6. The van der Waals surface area contributed by atoms with Gasteiger partial charge in [0.15, 0.2) is 0 Å². The molecule has 0 bridgehead atoms. The Hall–Kier alpha value is -3.06. The van der Waals surface area contributed by atoms with Gasteiger partial charge in [0.1, 0.15) is 8.64 Å². The van der Waals surface area contributed by atoms with Crippen LogP contribution >= 0.6 is 48.0 Å². The molecule has 0 saturated carbocycles. The van der Waals surface area contributed by atoms with E-state index in [4.69, 9.17) is 24.4 Å². The molecule has 240 valence electrons. The molecule has 4 aliphatic heterocycles. The number of hydrogen-bond acceptors (Lipinski definition) is 8. The van der Waals surface area contributed by atoms with E-state index in [-0.39, 0.29) is 23.6 Å². The van der Waals surface area contributed by atoms with Gasteiger partial charge in [-0.05, 0) is 36.8 Å². The van der Waals surface area contributed by atoms with Crippen LogP contribution in [0.1, 0.15) is 61.5 Å². The van der Waals surface area contributed by atoms with E-state index in [9.17, 15) is 19.2 Å². The zero-order chi connectivity index (χ0) is 32.2.